The first-order valence-corrected chi connectivity index (χ1v) is 9.13. The zero-order valence-electron chi connectivity index (χ0n) is 10.0. The molecular formula is C10H18N2O2S3. The zero-order valence-corrected chi connectivity index (χ0v) is 12.5. The van der Waals surface area contributed by atoms with E-state index < -0.39 is 10.0 Å². The molecule has 4 nitrogen and oxygen atoms in total. The zero-order chi connectivity index (χ0) is 12.7. The molecule has 98 valence electrons. The molecule has 0 unspecified atom stereocenters. The summed E-state index contributed by atoms with van der Waals surface area (Å²) >= 11 is 3.09. The molecule has 0 aliphatic heterocycles. The van der Waals surface area contributed by atoms with E-state index in [4.69, 9.17) is 0 Å². The number of hydrogen-bond acceptors (Lipinski definition) is 5. The van der Waals surface area contributed by atoms with Crippen LogP contribution in [-0.4, -0.2) is 33.5 Å². The lowest BCUT2D eigenvalue weighted by Gasteiger charge is -2.07. The number of sulfonamides is 1. The minimum Gasteiger partial charge on any atom is -0.312 e. The van der Waals surface area contributed by atoms with E-state index in [9.17, 15) is 8.42 Å². The van der Waals surface area contributed by atoms with Crippen molar-refractivity contribution in [3.8, 4) is 0 Å². The molecular weight excluding hydrogens is 276 g/mol. The summed E-state index contributed by atoms with van der Waals surface area (Å²) in [6.45, 7) is 3.91. The Morgan fingerprint density at radius 3 is 2.88 bits per heavy atom. The monoisotopic (exact) mass is 294 g/mol. The third-order valence-electron chi connectivity index (χ3n) is 2.13. The van der Waals surface area contributed by atoms with Gasteiger partial charge >= 0.3 is 0 Å². The summed E-state index contributed by atoms with van der Waals surface area (Å²) in [4.78, 5) is 1.27. The second-order valence-electron chi connectivity index (χ2n) is 3.38. The van der Waals surface area contributed by atoms with E-state index in [0.29, 0.717) is 18.0 Å². The standard InChI is InChI=1S/C10H18N2O2S3/c1-3-11-8-9-10(4-6-16-9)17(13,14)12-5-7-15-2/h4,6,11-12H,3,5,7-8H2,1-2H3. The number of rotatable bonds is 8. The molecule has 1 rings (SSSR count). The first kappa shape index (κ1) is 15.0. The molecule has 0 saturated heterocycles. The molecule has 0 aromatic carbocycles. The van der Waals surface area contributed by atoms with Gasteiger partial charge in [0, 0.05) is 23.7 Å². The average Bonchev–Trinajstić information content (AvgIpc) is 2.75. The van der Waals surface area contributed by atoms with Crippen LogP contribution in [-0.2, 0) is 16.6 Å². The third-order valence-corrected chi connectivity index (χ3v) is 5.34. The first-order valence-electron chi connectivity index (χ1n) is 5.37. The van der Waals surface area contributed by atoms with Gasteiger partial charge in [-0.25, -0.2) is 13.1 Å². The Kier molecular flexibility index (Phi) is 6.50. The largest absolute Gasteiger partial charge is 0.312 e. The predicted molar refractivity (Wildman–Crippen MR) is 75.3 cm³/mol. The topological polar surface area (TPSA) is 58.2 Å². The number of nitrogens with one attached hydrogen (secondary N) is 2. The summed E-state index contributed by atoms with van der Waals surface area (Å²) in [5.74, 6) is 0.784. The van der Waals surface area contributed by atoms with Crippen molar-refractivity contribution in [2.75, 3.05) is 25.1 Å². The second kappa shape index (κ2) is 7.38. The van der Waals surface area contributed by atoms with E-state index in [2.05, 4.69) is 10.0 Å². The summed E-state index contributed by atoms with van der Waals surface area (Å²) in [7, 11) is -3.34. The summed E-state index contributed by atoms with van der Waals surface area (Å²) in [6, 6.07) is 1.67. The quantitative estimate of drug-likeness (QED) is 0.713. The smallest absolute Gasteiger partial charge is 0.241 e. The van der Waals surface area contributed by atoms with Gasteiger partial charge in [0.15, 0.2) is 0 Å². The summed E-state index contributed by atoms with van der Waals surface area (Å²) in [6.07, 6.45) is 1.95. The maximum Gasteiger partial charge on any atom is 0.241 e. The maximum atomic E-state index is 12.0. The lowest BCUT2D eigenvalue weighted by molar-refractivity contribution is 0.582. The average molecular weight is 294 g/mol. The maximum absolute atomic E-state index is 12.0. The predicted octanol–water partition coefficient (Wildman–Crippen LogP) is 1.50. The van der Waals surface area contributed by atoms with Gasteiger partial charge in [-0.15, -0.1) is 11.3 Å². The van der Waals surface area contributed by atoms with Gasteiger partial charge in [-0.3, -0.25) is 0 Å². The van der Waals surface area contributed by atoms with Gasteiger partial charge in [0.2, 0.25) is 10.0 Å². The molecule has 1 heterocycles. The van der Waals surface area contributed by atoms with Gasteiger partial charge in [0.25, 0.3) is 0 Å². The third kappa shape index (κ3) is 4.59. The van der Waals surface area contributed by atoms with Crippen molar-refractivity contribution in [3.05, 3.63) is 16.3 Å². The molecule has 0 amide bonds. The van der Waals surface area contributed by atoms with Gasteiger partial charge in [0.1, 0.15) is 0 Å². The number of thioether (sulfide) groups is 1. The van der Waals surface area contributed by atoms with Crippen molar-refractivity contribution in [1.29, 1.82) is 0 Å². The number of hydrogen-bond donors (Lipinski definition) is 2. The Morgan fingerprint density at radius 2 is 2.24 bits per heavy atom. The van der Waals surface area contributed by atoms with E-state index in [1.54, 1.807) is 17.8 Å². The van der Waals surface area contributed by atoms with Crippen LogP contribution in [0.3, 0.4) is 0 Å². The van der Waals surface area contributed by atoms with Gasteiger partial charge in [-0.2, -0.15) is 11.8 Å². The van der Waals surface area contributed by atoms with E-state index in [0.717, 1.165) is 17.2 Å². The van der Waals surface area contributed by atoms with Crippen LogP contribution in [0.25, 0.3) is 0 Å². The van der Waals surface area contributed by atoms with Crippen LogP contribution in [0.15, 0.2) is 16.3 Å². The highest BCUT2D eigenvalue weighted by Gasteiger charge is 2.18. The second-order valence-corrected chi connectivity index (χ2v) is 7.10. The van der Waals surface area contributed by atoms with E-state index in [1.807, 2.05) is 18.6 Å². The van der Waals surface area contributed by atoms with Crippen molar-refractivity contribution < 1.29 is 8.42 Å². The first-order chi connectivity index (χ1) is 8.11. The van der Waals surface area contributed by atoms with Crippen LogP contribution < -0.4 is 10.0 Å². The minimum absolute atomic E-state index is 0.407. The summed E-state index contributed by atoms with van der Waals surface area (Å²) in [5.41, 5.74) is 0. The molecule has 0 bridgehead atoms. The van der Waals surface area contributed by atoms with Crippen molar-refractivity contribution in [1.82, 2.24) is 10.0 Å². The fraction of sp³-hybridized carbons (Fsp3) is 0.600. The van der Waals surface area contributed by atoms with Crippen molar-refractivity contribution in [2.24, 2.45) is 0 Å². The lowest BCUT2D eigenvalue weighted by atomic mass is 10.4. The molecule has 7 heteroatoms. The molecule has 0 aliphatic carbocycles. The summed E-state index contributed by atoms with van der Waals surface area (Å²) < 4.78 is 26.6. The van der Waals surface area contributed by atoms with Gasteiger partial charge in [-0.1, -0.05) is 6.92 Å². The Labute approximate surface area is 111 Å². The molecule has 0 radical (unpaired) electrons. The molecule has 1 aromatic rings. The van der Waals surface area contributed by atoms with Crippen molar-refractivity contribution >= 4 is 33.1 Å². The molecule has 0 fully saturated rings. The van der Waals surface area contributed by atoms with E-state index >= 15 is 0 Å². The Bertz CT molecular complexity index is 429. The van der Waals surface area contributed by atoms with E-state index in [-0.39, 0.29) is 0 Å². The SMILES string of the molecule is CCNCc1sccc1S(=O)(=O)NCCSC. The van der Waals surface area contributed by atoms with Gasteiger partial charge < -0.3 is 5.32 Å². The van der Waals surface area contributed by atoms with Crippen LogP contribution in [0, 0.1) is 0 Å². The van der Waals surface area contributed by atoms with Crippen LogP contribution in [0.1, 0.15) is 11.8 Å². The van der Waals surface area contributed by atoms with Crippen LogP contribution in [0.5, 0.6) is 0 Å². The normalized spacial score (nSPS) is 11.9. The van der Waals surface area contributed by atoms with Crippen LogP contribution >= 0.6 is 23.1 Å². The highest BCUT2D eigenvalue weighted by molar-refractivity contribution is 7.98. The summed E-state index contributed by atoms with van der Waals surface area (Å²) in [5, 5.41) is 4.96. The molecule has 17 heavy (non-hydrogen) atoms. The van der Waals surface area contributed by atoms with E-state index in [1.165, 1.54) is 11.3 Å². The van der Waals surface area contributed by atoms with Gasteiger partial charge in [-0.05, 0) is 24.2 Å². The van der Waals surface area contributed by atoms with Gasteiger partial charge in [0.05, 0.1) is 4.90 Å². The molecule has 0 saturated carbocycles. The molecule has 0 aliphatic rings. The van der Waals surface area contributed by atoms with Crippen molar-refractivity contribution in [2.45, 2.75) is 18.4 Å². The lowest BCUT2D eigenvalue weighted by Crippen LogP contribution is -2.27. The Balaban J connectivity index is 2.73. The fourth-order valence-electron chi connectivity index (χ4n) is 1.29. The molecule has 2 N–H and O–H groups in total. The Hall–Kier alpha value is -0.0800. The van der Waals surface area contributed by atoms with Crippen LogP contribution in [0.2, 0.25) is 0 Å². The highest BCUT2D eigenvalue weighted by atomic mass is 32.2. The fourth-order valence-corrected chi connectivity index (χ4v) is 4.17. The highest BCUT2D eigenvalue weighted by Crippen LogP contribution is 2.21. The van der Waals surface area contributed by atoms with Crippen molar-refractivity contribution in [3.63, 3.8) is 0 Å². The minimum atomic E-state index is -3.34. The molecule has 1 aromatic heterocycles. The molecule has 0 spiro atoms. The van der Waals surface area contributed by atoms with Crippen LogP contribution in [0.4, 0.5) is 0 Å². The molecule has 0 atom stereocenters. The Morgan fingerprint density at radius 1 is 1.47 bits per heavy atom. The number of thiophene rings is 1.